The number of carboxylic acids is 2. The number of hydrogen-bond donors (Lipinski definition) is 4. The smallest absolute Gasteiger partial charge is 0.408 e. The van der Waals surface area contributed by atoms with Crippen LogP contribution in [0.1, 0.15) is 31.8 Å². The molecule has 3 atom stereocenters. The number of benzene rings is 2. The summed E-state index contributed by atoms with van der Waals surface area (Å²) in [7, 11) is 0. The zero-order valence-corrected chi connectivity index (χ0v) is 17.5. The minimum absolute atomic E-state index is 0.0377. The molecule has 2 aromatic rings. The first-order valence-electron chi connectivity index (χ1n) is 10.5. The molecule has 0 aliphatic heterocycles. The van der Waals surface area contributed by atoms with Crippen molar-refractivity contribution >= 4 is 23.7 Å². The molecule has 0 fully saturated rings. The van der Waals surface area contributed by atoms with E-state index in [1.165, 1.54) is 24.3 Å². The lowest BCUT2D eigenvalue weighted by Gasteiger charge is -2.30. The van der Waals surface area contributed by atoms with Gasteiger partial charge in [0.1, 0.15) is 18.2 Å². The number of nitrogens with zero attached hydrogens (tertiary/aromatic N) is 1. The third-order valence-electron chi connectivity index (χ3n) is 4.94. The number of hydrogen-bond acceptors (Lipinski definition) is 7. The van der Waals surface area contributed by atoms with Gasteiger partial charge in [-0.2, -0.15) is 0 Å². The lowest BCUT2D eigenvalue weighted by atomic mass is 9.85. The van der Waals surface area contributed by atoms with Crippen LogP contribution in [0.3, 0.4) is 0 Å². The molecule has 2 aromatic carbocycles. The molecule has 0 aromatic heterocycles. The van der Waals surface area contributed by atoms with Crippen molar-refractivity contribution in [1.82, 2.24) is 5.32 Å². The van der Waals surface area contributed by atoms with Crippen molar-refractivity contribution < 1.29 is 35.6 Å². The molecular formula is C22H25N3O8. The summed E-state index contributed by atoms with van der Waals surface area (Å²) < 4.78 is 13.1. The molecule has 0 spiro atoms. The molecule has 0 saturated carbocycles. The first kappa shape index (κ1) is 23.7. The number of nitrogens with one attached hydrogen (secondary N) is 1. The van der Waals surface area contributed by atoms with Crippen LogP contribution >= 0.6 is 0 Å². The third-order valence-corrected chi connectivity index (χ3v) is 4.94. The number of carbonyl (C=O) groups is 3. The number of carbonyl (C=O) groups excluding carboxylic acids is 1. The van der Waals surface area contributed by atoms with Crippen LogP contribution < -0.4 is 11.1 Å². The average Bonchev–Trinajstić information content (AvgIpc) is 2.79. The molecule has 0 aliphatic carbocycles. The minimum Gasteiger partial charge on any atom is -0.480 e. The van der Waals surface area contributed by atoms with Crippen LogP contribution in [0.2, 0.25) is 0 Å². The number of nitrogens with two attached hydrogens (primary N) is 1. The standard InChI is InChI=1S/C22H25N3O8/c23-18(19(26)27)7-4-12-22(20(28)29,13-15-8-10-17(11-9-15)25(31)32)24-21(30)33-14-16-5-2-1-3-6-16/h1-3,5-6,8-11,18H,4,7,12-14,23H2,(H,24,30)(H,26,27)(H,28,29)/i14D. The highest BCUT2D eigenvalue weighted by Crippen LogP contribution is 2.24. The van der Waals surface area contributed by atoms with E-state index in [0.29, 0.717) is 11.1 Å². The largest absolute Gasteiger partial charge is 0.480 e. The molecule has 0 bridgehead atoms. The Balaban J connectivity index is 2.25. The van der Waals surface area contributed by atoms with E-state index in [2.05, 4.69) is 5.32 Å². The number of nitro groups is 1. The third kappa shape index (κ3) is 7.58. The maximum Gasteiger partial charge on any atom is 0.408 e. The second kappa shape index (κ2) is 11.6. The van der Waals surface area contributed by atoms with Gasteiger partial charge in [0, 0.05) is 18.6 Å². The van der Waals surface area contributed by atoms with E-state index in [0.717, 1.165) is 0 Å². The summed E-state index contributed by atoms with van der Waals surface area (Å²) >= 11 is 0. The second-order valence-corrected chi connectivity index (χ2v) is 7.38. The van der Waals surface area contributed by atoms with Crippen molar-refractivity contribution in [2.45, 2.75) is 43.8 Å². The van der Waals surface area contributed by atoms with Crippen LogP contribution in [-0.2, 0) is 27.3 Å². The van der Waals surface area contributed by atoms with E-state index in [1.54, 1.807) is 30.3 Å². The molecular weight excluding hydrogens is 434 g/mol. The Hall–Kier alpha value is -3.99. The molecule has 176 valence electrons. The fraction of sp³-hybridized carbons (Fsp3) is 0.318. The van der Waals surface area contributed by atoms with Gasteiger partial charge in [-0.05, 0) is 30.4 Å². The topological polar surface area (TPSA) is 182 Å². The van der Waals surface area contributed by atoms with E-state index < -0.39 is 41.1 Å². The van der Waals surface area contributed by atoms with E-state index in [9.17, 15) is 29.6 Å². The average molecular weight is 460 g/mol. The fourth-order valence-electron chi connectivity index (χ4n) is 3.14. The first-order chi connectivity index (χ1) is 16.0. The van der Waals surface area contributed by atoms with Crippen molar-refractivity contribution in [3.05, 3.63) is 75.8 Å². The van der Waals surface area contributed by atoms with Crippen molar-refractivity contribution in [3.8, 4) is 0 Å². The van der Waals surface area contributed by atoms with Crippen LogP contribution in [0.15, 0.2) is 54.6 Å². The molecule has 11 heteroatoms. The predicted molar refractivity (Wildman–Crippen MR) is 116 cm³/mol. The number of non-ortho nitro benzene ring substituents is 1. The van der Waals surface area contributed by atoms with Crippen LogP contribution in [0.4, 0.5) is 10.5 Å². The Bertz CT molecular complexity index is 1020. The molecule has 11 nitrogen and oxygen atoms in total. The summed E-state index contributed by atoms with van der Waals surface area (Å²) in [6, 6.07) is 12.1. The van der Waals surface area contributed by atoms with Crippen LogP contribution in [0.25, 0.3) is 0 Å². The molecule has 33 heavy (non-hydrogen) atoms. The monoisotopic (exact) mass is 460 g/mol. The number of rotatable bonds is 12. The van der Waals surface area contributed by atoms with Gasteiger partial charge in [0.15, 0.2) is 0 Å². The minimum atomic E-state index is -1.94. The van der Waals surface area contributed by atoms with Gasteiger partial charge in [-0.15, -0.1) is 0 Å². The van der Waals surface area contributed by atoms with Gasteiger partial charge < -0.3 is 26.0 Å². The number of carboxylic acid groups (broad SMARTS) is 2. The lowest BCUT2D eigenvalue weighted by Crippen LogP contribution is -2.56. The maximum atomic E-state index is 12.6. The van der Waals surface area contributed by atoms with Crippen molar-refractivity contribution in [2.24, 2.45) is 5.73 Å². The SMILES string of the molecule is [2H]C(OC(=O)NC(CCCC(N)C(=O)O)(Cc1ccc([N+](=O)[O-])cc1)C(=O)O)c1ccccc1. The zero-order valence-electron chi connectivity index (χ0n) is 18.5. The first-order valence-corrected chi connectivity index (χ1v) is 9.95. The predicted octanol–water partition coefficient (Wildman–Crippen LogP) is 2.47. The highest BCUT2D eigenvalue weighted by Gasteiger charge is 2.40. The Labute approximate surface area is 190 Å². The highest BCUT2D eigenvalue weighted by atomic mass is 16.6. The van der Waals surface area contributed by atoms with Crippen molar-refractivity contribution in [2.75, 3.05) is 0 Å². The molecule has 2 rings (SSSR count). The summed E-state index contributed by atoms with van der Waals surface area (Å²) in [6.07, 6.45) is -1.65. The van der Waals surface area contributed by atoms with E-state index in [-0.39, 0.29) is 31.4 Å². The quantitative estimate of drug-likeness (QED) is 0.273. The molecule has 0 radical (unpaired) electrons. The molecule has 0 saturated heterocycles. The Morgan fingerprint density at radius 1 is 1.12 bits per heavy atom. The summed E-state index contributed by atoms with van der Waals surface area (Å²) in [5.74, 6) is -2.67. The van der Waals surface area contributed by atoms with E-state index >= 15 is 0 Å². The Morgan fingerprint density at radius 3 is 2.30 bits per heavy atom. The van der Waals surface area contributed by atoms with E-state index in [4.69, 9.17) is 16.9 Å². The Morgan fingerprint density at radius 2 is 1.76 bits per heavy atom. The Kier molecular flexibility index (Phi) is 8.30. The number of amides is 1. The van der Waals surface area contributed by atoms with Gasteiger partial charge in [0.05, 0.1) is 6.29 Å². The van der Waals surface area contributed by atoms with Gasteiger partial charge in [-0.1, -0.05) is 42.5 Å². The second-order valence-electron chi connectivity index (χ2n) is 7.38. The van der Waals surface area contributed by atoms with Gasteiger partial charge in [-0.3, -0.25) is 14.9 Å². The lowest BCUT2D eigenvalue weighted by molar-refractivity contribution is -0.384. The highest BCUT2D eigenvalue weighted by molar-refractivity contribution is 5.84. The molecule has 3 unspecified atom stereocenters. The zero-order chi connectivity index (χ0) is 25.3. The van der Waals surface area contributed by atoms with Crippen molar-refractivity contribution in [1.29, 1.82) is 0 Å². The van der Waals surface area contributed by atoms with Crippen LogP contribution in [0.5, 0.6) is 0 Å². The van der Waals surface area contributed by atoms with Crippen molar-refractivity contribution in [3.63, 3.8) is 0 Å². The molecule has 0 aliphatic rings. The summed E-state index contributed by atoms with van der Waals surface area (Å²) in [5.41, 5.74) is 4.12. The number of ether oxygens (including phenoxy) is 1. The van der Waals surface area contributed by atoms with Crippen LogP contribution in [0, 0.1) is 10.1 Å². The van der Waals surface area contributed by atoms with Gasteiger partial charge in [0.2, 0.25) is 0 Å². The maximum absolute atomic E-state index is 12.6. The summed E-state index contributed by atoms with van der Waals surface area (Å²) in [6.45, 7) is -1.41. The molecule has 1 amide bonds. The normalized spacial score (nSPS) is 14.8. The van der Waals surface area contributed by atoms with Gasteiger partial charge in [-0.25, -0.2) is 9.59 Å². The van der Waals surface area contributed by atoms with E-state index in [1.807, 2.05) is 0 Å². The van der Waals surface area contributed by atoms with Crippen LogP contribution in [-0.4, -0.2) is 44.7 Å². The summed E-state index contributed by atoms with van der Waals surface area (Å²) in [5, 5.41) is 32.2. The molecule has 0 heterocycles. The fourth-order valence-corrected chi connectivity index (χ4v) is 3.14. The van der Waals surface area contributed by atoms with Gasteiger partial charge in [0.25, 0.3) is 5.69 Å². The molecule has 5 N–H and O–H groups in total. The number of aliphatic carboxylic acids is 2. The summed E-state index contributed by atoms with van der Waals surface area (Å²) in [4.78, 5) is 46.2. The number of alkyl carbamates (subject to hydrolysis) is 1. The van der Waals surface area contributed by atoms with Gasteiger partial charge >= 0.3 is 18.0 Å². The number of nitro benzene ring substituents is 1.